The first-order valence-corrected chi connectivity index (χ1v) is 10.4. The number of carbonyl (C=O) groups is 1. The Morgan fingerprint density at radius 1 is 1.29 bits per heavy atom. The first kappa shape index (κ1) is 21.4. The molecule has 2 aromatic carbocycles. The Balaban J connectivity index is 1.79. The van der Waals surface area contributed by atoms with Gasteiger partial charge in [-0.2, -0.15) is 5.01 Å². The molecule has 0 aromatic heterocycles. The third-order valence-electron chi connectivity index (χ3n) is 5.38. The van der Waals surface area contributed by atoms with E-state index in [0.29, 0.717) is 24.9 Å². The summed E-state index contributed by atoms with van der Waals surface area (Å²) in [6.07, 6.45) is 1.95. The Kier molecular flexibility index (Phi) is 6.02. The van der Waals surface area contributed by atoms with Crippen molar-refractivity contribution in [1.82, 2.24) is 5.01 Å². The number of nitrogens with two attached hydrogens (primary N) is 1. The summed E-state index contributed by atoms with van der Waals surface area (Å²) in [6, 6.07) is 12.1. The molecule has 0 bridgehead atoms. The van der Waals surface area contributed by atoms with Gasteiger partial charge in [0.1, 0.15) is 17.7 Å². The van der Waals surface area contributed by atoms with Crippen LogP contribution in [0, 0.1) is 11.6 Å². The maximum atomic E-state index is 14.5. The highest BCUT2D eigenvalue weighted by molar-refractivity contribution is 5.97. The minimum absolute atomic E-state index is 0.0572. The molecule has 1 aliphatic heterocycles. The first-order valence-electron chi connectivity index (χ1n) is 10.4. The molecule has 4 rings (SSSR count). The number of ether oxygens (including phenoxy) is 2. The quantitative estimate of drug-likeness (QED) is 0.695. The van der Waals surface area contributed by atoms with E-state index in [1.807, 2.05) is 30.3 Å². The summed E-state index contributed by atoms with van der Waals surface area (Å²) in [4.78, 5) is 13.4. The molecule has 2 aliphatic rings. The zero-order valence-corrected chi connectivity index (χ0v) is 17.3. The molecule has 2 atom stereocenters. The lowest BCUT2D eigenvalue weighted by molar-refractivity contribution is -0.164. The van der Waals surface area contributed by atoms with E-state index in [0.717, 1.165) is 31.0 Å². The topological polar surface area (TPSA) is 77.1 Å². The predicted octanol–water partition coefficient (Wildman–Crippen LogP) is 3.64. The van der Waals surface area contributed by atoms with E-state index in [2.05, 4.69) is 5.10 Å². The smallest absolute Gasteiger partial charge is 0.275 e. The van der Waals surface area contributed by atoms with Crippen LogP contribution >= 0.6 is 0 Å². The van der Waals surface area contributed by atoms with Crippen LogP contribution in [-0.2, 0) is 20.0 Å². The van der Waals surface area contributed by atoms with Crippen molar-refractivity contribution in [3.8, 4) is 0 Å². The Labute approximate surface area is 179 Å². The van der Waals surface area contributed by atoms with E-state index in [4.69, 9.17) is 15.2 Å². The standard InChI is InChI=1S/C23H25F2N3O3/c1-15(30-18-9-10-18)22(29)28-23(12-5-13-26,16-6-3-2-4-7-16)31-21(27-28)19-14-17(24)8-11-20(19)25/h2-4,6-8,11,14-15,18H,5,9-10,12-13,26H2,1H3/t15-,23?/m0/s1. The van der Waals surface area contributed by atoms with Crippen molar-refractivity contribution >= 4 is 11.8 Å². The number of carbonyl (C=O) groups excluding carboxylic acids is 1. The zero-order valence-electron chi connectivity index (χ0n) is 17.3. The Hall–Kier alpha value is -2.84. The van der Waals surface area contributed by atoms with Crippen molar-refractivity contribution in [3.05, 3.63) is 71.3 Å². The maximum Gasteiger partial charge on any atom is 0.275 e. The molecule has 1 fully saturated rings. The highest BCUT2D eigenvalue weighted by Crippen LogP contribution is 2.41. The van der Waals surface area contributed by atoms with Gasteiger partial charge in [-0.15, -0.1) is 5.10 Å². The lowest BCUT2D eigenvalue weighted by Gasteiger charge is -2.36. The molecular weight excluding hydrogens is 404 g/mol. The van der Waals surface area contributed by atoms with Crippen LogP contribution in [0.15, 0.2) is 53.6 Å². The van der Waals surface area contributed by atoms with Crippen molar-refractivity contribution < 1.29 is 23.0 Å². The summed E-state index contributed by atoms with van der Waals surface area (Å²) in [6.45, 7) is 2.02. The van der Waals surface area contributed by atoms with Gasteiger partial charge in [0.15, 0.2) is 0 Å². The molecular formula is C23H25F2N3O3. The largest absolute Gasteiger partial charge is 0.443 e. The summed E-state index contributed by atoms with van der Waals surface area (Å²) in [5.41, 5.74) is 4.92. The molecule has 1 heterocycles. The van der Waals surface area contributed by atoms with Gasteiger partial charge in [0.2, 0.25) is 11.6 Å². The first-order chi connectivity index (χ1) is 14.9. The predicted molar refractivity (Wildman–Crippen MR) is 111 cm³/mol. The molecule has 1 aliphatic carbocycles. The third kappa shape index (κ3) is 4.31. The van der Waals surface area contributed by atoms with Crippen LogP contribution in [0.4, 0.5) is 8.78 Å². The van der Waals surface area contributed by atoms with Crippen molar-refractivity contribution in [3.63, 3.8) is 0 Å². The molecule has 0 radical (unpaired) electrons. The van der Waals surface area contributed by atoms with Gasteiger partial charge in [-0.25, -0.2) is 8.78 Å². The number of benzene rings is 2. The van der Waals surface area contributed by atoms with E-state index < -0.39 is 29.4 Å². The number of halogens is 2. The molecule has 31 heavy (non-hydrogen) atoms. The van der Waals surface area contributed by atoms with Gasteiger partial charge >= 0.3 is 0 Å². The number of nitrogens with zero attached hydrogens (tertiary/aromatic N) is 2. The molecule has 1 saturated carbocycles. The normalized spacial score (nSPS) is 21.5. The lowest BCUT2D eigenvalue weighted by atomic mass is 9.96. The van der Waals surface area contributed by atoms with E-state index in [1.54, 1.807) is 6.92 Å². The van der Waals surface area contributed by atoms with Crippen LogP contribution in [0.2, 0.25) is 0 Å². The number of rotatable bonds is 8. The molecule has 0 saturated heterocycles. The van der Waals surface area contributed by atoms with Crippen LogP contribution in [-0.4, -0.2) is 35.6 Å². The van der Waals surface area contributed by atoms with Crippen molar-refractivity contribution in [2.24, 2.45) is 10.8 Å². The highest BCUT2D eigenvalue weighted by Gasteiger charge is 2.51. The minimum atomic E-state index is -1.34. The maximum absolute atomic E-state index is 14.5. The van der Waals surface area contributed by atoms with Crippen LogP contribution in [0.1, 0.15) is 43.7 Å². The fourth-order valence-corrected chi connectivity index (χ4v) is 3.64. The molecule has 164 valence electrons. The van der Waals surface area contributed by atoms with Crippen molar-refractivity contribution in [2.75, 3.05) is 6.54 Å². The van der Waals surface area contributed by atoms with E-state index in [9.17, 15) is 13.6 Å². The molecule has 1 unspecified atom stereocenters. The number of hydrogen-bond donors (Lipinski definition) is 1. The third-order valence-corrected chi connectivity index (χ3v) is 5.38. The Morgan fingerprint density at radius 3 is 2.71 bits per heavy atom. The second kappa shape index (κ2) is 8.72. The lowest BCUT2D eigenvalue weighted by Crippen LogP contribution is -2.49. The molecule has 0 spiro atoms. The zero-order chi connectivity index (χ0) is 22.0. The summed E-state index contributed by atoms with van der Waals surface area (Å²) in [7, 11) is 0. The molecule has 8 heteroatoms. The van der Waals surface area contributed by atoms with Crippen molar-refractivity contribution in [2.45, 2.75) is 50.5 Å². The van der Waals surface area contributed by atoms with Crippen LogP contribution < -0.4 is 5.73 Å². The molecule has 1 amide bonds. The molecule has 2 aromatic rings. The number of amides is 1. The fraction of sp³-hybridized carbons (Fsp3) is 0.391. The van der Waals surface area contributed by atoms with Gasteiger partial charge < -0.3 is 15.2 Å². The van der Waals surface area contributed by atoms with E-state index in [1.165, 1.54) is 5.01 Å². The molecule has 2 N–H and O–H groups in total. The highest BCUT2D eigenvalue weighted by atomic mass is 19.1. The van der Waals surface area contributed by atoms with Crippen LogP contribution in [0.25, 0.3) is 0 Å². The van der Waals surface area contributed by atoms with E-state index in [-0.39, 0.29) is 17.6 Å². The van der Waals surface area contributed by atoms with Gasteiger partial charge in [0, 0.05) is 12.0 Å². The SMILES string of the molecule is C[C@H](OC1CC1)C(=O)N1N=C(c2cc(F)ccc2F)OC1(CCCN)c1ccccc1. The van der Waals surface area contributed by atoms with Gasteiger partial charge in [-0.05, 0) is 50.9 Å². The second-order valence-corrected chi connectivity index (χ2v) is 7.80. The van der Waals surface area contributed by atoms with Crippen LogP contribution in [0.5, 0.6) is 0 Å². The van der Waals surface area contributed by atoms with Crippen LogP contribution in [0.3, 0.4) is 0 Å². The van der Waals surface area contributed by atoms with Gasteiger partial charge in [0.05, 0.1) is 11.7 Å². The van der Waals surface area contributed by atoms with Gasteiger partial charge in [0.25, 0.3) is 5.91 Å². The number of hydrazone groups is 1. The minimum Gasteiger partial charge on any atom is -0.443 e. The fourth-order valence-electron chi connectivity index (χ4n) is 3.64. The molecule has 6 nitrogen and oxygen atoms in total. The summed E-state index contributed by atoms with van der Waals surface area (Å²) >= 11 is 0. The number of hydrogen-bond acceptors (Lipinski definition) is 5. The second-order valence-electron chi connectivity index (χ2n) is 7.80. The summed E-state index contributed by atoms with van der Waals surface area (Å²) < 4.78 is 40.4. The van der Waals surface area contributed by atoms with E-state index >= 15 is 0 Å². The average molecular weight is 429 g/mol. The monoisotopic (exact) mass is 429 g/mol. The summed E-state index contributed by atoms with van der Waals surface area (Å²) in [5, 5.41) is 5.56. The average Bonchev–Trinajstić information content (AvgIpc) is 3.51. The van der Waals surface area contributed by atoms with Gasteiger partial charge in [-0.1, -0.05) is 30.3 Å². The Bertz CT molecular complexity index is 981. The van der Waals surface area contributed by atoms with Crippen molar-refractivity contribution in [1.29, 1.82) is 0 Å². The Morgan fingerprint density at radius 2 is 2.03 bits per heavy atom. The van der Waals surface area contributed by atoms with Gasteiger partial charge in [-0.3, -0.25) is 4.79 Å². The summed E-state index contributed by atoms with van der Waals surface area (Å²) in [5.74, 6) is -1.91.